The standard InChI is InChI=1S/C12H27NO/c1-5-7-8-11(6-2)9-12(13)10(3)14-4/h10-12H,5-9,13H2,1-4H3. The van der Waals surface area contributed by atoms with Crippen molar-refractivity contribution in [2.24, 2.45) is 11.7 Å². The Bertz CT molecular complexity index is 127. The molecule has 86 valence electrons. The normalized spacial score (nSPS) is 17.8. The molecule has 0 aromatic heterocycles. The molecule has 0 fully saturated rings. The number of nitrogens with two attached hydrogens (primary N) is 1. The Hall–Kier alpha value is -0.0800. The van der Waals surface area contributed by atoms with E-state index in [-0.39, 0.29) is 12.1 Å². The summed E-state index contributed by atoms with van der Waals surface area (Å²) in [5.41, 5.74) is 6.05. The molecular formula is C12H27NO. The molecule has 0 amide bonds. The van der Waals surface area contributed by atoms with Crippen LogP contribution < -0.4 is 5.73 Å². The number of ether oxygens (including phenoxy) is 1. The van der Waals surface area contributed by atoms with Crippen LogP contribution in [0.4, 0.5) is 0 Å². The second-order valence-corrected chi connectivity index (χ2v) is 4.26. The van der Waals surface area contributed by atoms with Crippen LogP contribution in [0, 0.1) is 5.92 Å². The van der Waals surface area contributed by atoms with Crippen molar-refractivity contribution >= 4 is 0 Å². The van der Waals surface area contributed by atoms with Gasteiger partial charge >= 0.3 is 0 Å². The summed E-state index contributed by atoms with van der Waals surface area (Å²) >= 11 is 0. The minimum Gasteiger partial charge on any atom is -0.380 e. The van der Waals surface area contributed by atoms with Crippen LogP contribution in [0.3, 0.4) is 0 Å². The zero-order chi connectivity index (χ0) is 11.0. The van der Waals surface area contributed by atoms with E-state index in [1.165, 1.54) is 25.7 Å². The first kappa shape index (κ1) is 13.9. The van der Waals surface area contributed by atoms with E-state index < -0.39 is 0 Å². The zero-order valence-corrected chi connectivity index (χ0v) is 10.3. The predicted molar refractivity (Wildman–Crippen MR) is 62.4 cm³/mol. The summed E-state index contributed by atoms with van der Waals surface area (Å²) < 4.78 is 5.24. The third-order valence-corrected chi connectivity index (χ3v) is 3.12. The minimum atomic E-state index is 0.186. The van der Waals surface area contributed by atoms with Gasteiger partial charge in [0.25, 0.3) is 0 Å². The summed E-state index contributed by atoms with van der Waals surface area (Å²) in [6.45, 7) is 6.55. The van der Waals surface area contributed by atoms with E-state index in [0.717, 1.165) is 12.3 Å². The smallest absolute Gasteiger partial charge is 0.0694 e. The van der Waals surface area contributed by atoms with E-state index in [2.05, 4.69) is 20.8 Å². The average Bonchev–Trinajstić information content (AvgIpc) is 2.22. The number of methoxy groups -OCH3 is 1. The predicted octanol–water partition coefficient (Wildman–Crippen LogP) is 2.96. The van der Waals surface area contributed by atoms with Crippen LogP contribution in [0.2, 0.25) is 0 Å². The van der Waals surface area contributed by atoms with Gasteiger partial charge in [0.2, 0.25) is 0 Å². The van der Waals surface area contributed by atoms with Crippen LogP contribution in [-0.4, -0.2) is 19.3 Å². The molecule has 0 aromatic carbocycles. The van der Waals surface area contributed by atoms with Crippen LogP contribution in [-0.2, 0) is 4.74 Å². The highest BCUT2D eigenvalue weighted by Gasteiger charge is 2.16. The first-order chi connectivity index (χ1) is 6.65. The van der Waals surface area contributed by atoms with Crippen molar-refractivity contribution in [3.05, 3.63) is 0 Å². The summed E-state index contributed by atoms with van der Waals surface area (Å²) in [6.07, 6.45) is 6.45. The quantitative estimate of drug-likeness (QED) is 0.655. The van der Waals surface area contributed by atoms with Crippen molar-refractivity contribution in [2.75, 3.05) is 7.11 Å². The van der Waals surface area contributed by atoms with Gasteiger partial charge in [0, 0.05) is 13.2 Å². The third-order valence-electron chi connectivity index (χ3n) is 3.12. The van der Waals surface area contributed by atoms with E-state index in [1.54, 1.807) is 7.11 Å². The van der Waals surface area contributed by atoms with Crippen LogP contribution in [0.25, 0.3) is 0 Å². The molecule has 0 aliphatic carbocycles. The SMILES string of the molecule is CCCCC(CC)CC(N)C(C)OC. The zero-order valence-electron chi connectivity index (χ0n) is 10.3. The van der Waals surface area contributed by atoms with E-state index >= 15 is 0 Å². The molecule has 0 bridgehead atoms. The van der Waals surface area contributed by atoms with E-state index in [1.807, 2.05) is 0 Å². The first-order valence-electron chi connectivity index (χ1n) is 5.94. The van der Waals surface area contributed by atoms with Gasteiger partial charge in [-0.25, -0.2) is 0 Å². The average molecular weight is 201 g/mol. The van der Waals surface area contributed by atoms with Crippen molar-refractivity contribution in [3.63, 3.8) is 0 Å². The summed E-state index contributed by atoms with van der Waals surface area (Å²) in [5.74, 6) is 0.780. The molecule has 2 heteroatoms. The van der Waals surface area contributed by atoms with Crippen molar-refractivity contribution in [3.8, 4) is 0 Å². The molecule has 3 unspecified atom stereocenters. The van der Waals surface area contributed by atoms with Gasteiger partial charge < -0.3 is 10.5 Å². The summed E-state index contributed by atoms with van der Waals surface area (Å²) in [4.78, 5) is 0. The van der Waals surface area contributed by atoms with Gasteiger partial charge in [-0.05, 0) is 19.3 Å². The molecule has 0 saturated carbocycles. The van der Waals surface area contributed by atoms with E-state index in [4.69, 9.17) is 10.5 Å². The molecule has 0 heterocycles. The number of hydrogen-bond donors (Lipinski definition) is 1. The molecule has 14 heavy (non-hydrogen) atoms. The first-order valence-corrected chi connectivity index (χ1v) is 5.94. The molecule has 0 spiro atoms. The fourth-order valence-electron chi connectivity index (χ4n) is 1.73. The van der Waals surface area contributed by atoms with Gasteiger partial charge in [0.05, 0.1) is 6.10 Å². The largest absolute Gasteiger partial charge is 0.380 e. The molecule has 0 aromatic rings. The summed E-state index contributed by atoms with van der Waals surface area (Å²) in [7, 11) is 1.73. The maximum absolute atomic E-state index is 6.05. The summed E-state index contributed by atoms with van der Waals surface area (Å²) in [5, 5.41) is 0. The Morgan fingerprint density at radius 2 is 1.93 bits per heavy atom. The molecular weight excluding hydrogens is 174 g/mol. The molecule has 0 rings (SSSR count). The van der Waals surface area contributed by atoms with Gasteiger partial charge in [0.1, 0.15) is 0 Å². The second-order valence-electron chi connectivity index (χ2n) is 4.26. The van der Waals surface area contributed by atoms with Crippen molar-refractivity contribution < 1.29 is 4.74 Å². The highest BCUT2D eigenvalue weighted by atomic mass is 16.5. The molecule has 2 N–H and O–H groups in total. The highest BCUT2D eigenvalue weighted by Crippen LogP contribution is 2.19. The molecule has 2 nitrogen and oxygen atoms in total. The highest BCUT2D eigenvalue weighted by molar-refractivity contribution is 4.73. The monoisotopic (exact) mass is 201 g/mol. The lowest BCUT2D eigenvalue weighted by Gasteiger charge is -2.23. The van der Waals surface area contributed by atoms with Crippen LogP contribution >= 0.6 is 0 Å². The van der Waals surface area contributed by atoms with Gasteiger partial charge in [-0.3, -0.25) is 0 Å². The lowest BCUT2D eigenvalue weighted by molar-refractivity contribution is 0.0862. The van der Waals surface area contributed by atoms with Crippen LogP contribution in [0.5, 0.6) is 0 Å². The third kappa shape index (κ3) is 5.61. The lowest BCUT2D eigenvalue weighted by atomic mass is 9.91. The number of hydrogen-bond acceptors (Lipinski definition) is 2. The van der Waals surface area contributed by atoms with Gasteiger partial charge in [-0.1, -0.05) is 39.5 Å². The van der Waals surface area contributed by atoms with Crippen molar-refractivity contribution in [2.45, 2.75) is 65.0 Å². The van der Waals surface area contributed by atoms with Crippen molar-refractivity contribution in [1.29, 1.82) is 0 Å². The Labute approximate surface area is 89.2 Å². The van der Waals surface area contributed by atoms with Gasteiger partial charge in [0.15, 0.2) is 0 Å². The van der Waals surface area contributed by atoms with Crippen molar-refractivity contribution in [1.82, 2.24) is 0 Å². The Balaban J connectivity index is 3.79. The molecule has 0 radical (unpaired) electrons. The fraction of sp³-hybridized carbons (Fsp3) is 1.00. The summed E-state index contributed by atoms with van der Waals surface area (Å²) in [6, 6.07) is 0.196. The maximum Gasteiger partial charge on any atom is 0.0694 e. The molecule has 0 aliphatic heterocycles. The topological polar surface area (TPSA) is 35.2 Å². The molecule has 0 saturated heterocycles. The van der Waals surface area contributed by atoms with Crippen LogP contribution in [0.1, 0.15) is 52.9 Å². The Morgan fingerprint density at radius 1 is 1.29 bits per heavy atom. The Kier molecular flexibility index (Phi) is 8.20. The molecule has 0 aliphatic rings. The lowest BCUT2D eigenvalue weighted by Crippen LogP contribution is -2.35. The van der Waals surface area contributed by atoms with Gasteiger partial charge in [-0.15, -0.1) is 0 Å². The van der Waals surface area contributed by atoms with Gasteiger partial charge in [-0.2, -0.15) is 0 Å². The number of unbranched alkanes of at least 4 members (excludes halogenated alkanes) is 1. The number of rotatable bonds is 8. The fourth-order valence-corrected chi connectivity index (χ4v) is 1.73. The maximum atomic E-state index is 6.05. The van der Waals surface area contributed by atoms with E-state index in [9.17, 15) is 0 Å². The second kappa shape index (κ2) is 8.25. The molecule has 3 atom stereocenters. The van der Waals surface area contributed by atoms with Crippen LogP contribution in [0.15, 0.2) is 0 Å². The van der Waals surface area contributed by atoms with E-state index in [0.29, 0.717) is 0 Å². The minimum absolute atomic E-state index is 0.186. The Morgan fingerprint density at radius 3 is 2.36 bits per heavy atom.